The van der Waals surface area contributed by atoms with Crippen LogP contribution in [-0.4, -0.2) is 23.9 Å². The zero-order chi connectivity index (χ0) is 15.8. The summed E-state index contributed by atoms with van der Waals surface area (Å²) in [6.45, 7) is 0.298. The highest BCUT2D eigenvalue weighted by atomic mass is 16.5. The van der Waals surface area contributed by atoms with Crippen molar-refractivity contribution < 1.29 is 14.3 Å². The van der Waals surface area contributed by atoms with Crippen molar-refractivity contribution in [1.29, 1.82) is 0 Å². The van der Waals surface area contributed by atoms with E-state index in [4.69, 9.17) is 4.74 Å². The summed E-state index contributed by atoms with van der Waals surface area (Å²) in [5, 5.41) is 5.30. The molecule has 6 nitrogen and oxygen atoms in total. The normalized spacial score (nSPS) is 9.86. The number of benzene rings is 1. The predicted molar refractivity (Wildman–Crippen MR) is 82.3 cm³/mol. The maximum absolute atomic E-state index is 11.8. The van der Waals surface area contributed by atoms with Gasteiger partial charge >= 0.3 is 0 Å². The molecule has 0 bridgehead atoms. The van der Waals surface area contributed by atoms with E-state index in [-0.39, 0.29) is 18.2 Å². The molecular formula is C16H17N3O3. The van der Waals surface area contributed by atoms with Gasteiger partial charge in [-0.1, -0.05) is 12.1 Å². The molecule has 0 saturated carbocycles. The Kier molecular flexibility index (Phi) is 5.48. The minimum atomic E-state index is -0.383. The highest BCUT2D eigenvalue weighted by Gasteiger charge is 2.10. The van der Waals surface area contributed by atoms with Gasteiger partial charge in [0.05, 0.1) is 19.3 Å². The number of pyridine rings is 1. The third-order valence-electron chi connectivity index (χ3n) is 2.87. The fourth-order valence-corrected chi connectivity index (χ4v) is 1.81. The van der Waals surface area contributed by atoms with Crippen molar-refractivity contribution in [1.82, 2.24) is 10.3 Å². The number of hydrogen-bond donors (Lipinski definition) is 2. The second kappa shape index (κ2) is 7.78. The molecule has 0 fully saturated rings. The van der Waals surface area contributed by atoms with Crippen LogP contribution in [-0.2, 0) is 16.1 Å². The summed E-state index contributed by atoms with van der Waals surface area (Å²) in [6, 6.07) is 12.4. The fourth-order valence-electron chi connectivity index (χ4n) is 1.81. The van der Waals surface area contributed by atoms with Crippen molar-refractivity contribution in [2.45, 2.75) is 13.0 Å². The molecule has 0 aliphatic heterocycles. The Bertz CT molecular complexity index is 644. The molecule has 1 aromatic carbocycles. The molecule has 0 unspecified atom stereocenters. The zero-order valence-electron chi connectivity index (χ0n) is 12.2. The maximum atomic E-state index is 11.8. The van der Waals surface area contributed by atoms with Gasteiger partial charge in [-0.15, -0.1) is 0 Å². The zero-order valence-corrected chi connectivity index (χ0v) is 12.2. The minimum absolute atomic E-state index is 0.246. The van der Waals surface area contributed by atoms with Gasteiger partial charge in [-0.2, -0.15) is 0 Å². The Morgan fingerprint density at radius 2 is 2.00 bits per heavy atom. The van der Waals surface area contributed by atoms with E-state index in [1.807, 2.05) is 6.07 Å². The van der Waals surface area contributed by atoms with Crippen LogP contribution >= 0.6 is 0 Å². The van der Waals surface area contributed by atoms with Crippen molar-refractivity contribution >= 4 is 17.5 Å². The summed E-state index contributed by atoms with van der Waals surface area (Å²) in [4.78, 5) is 27.6. The van der Waals surface area contributed by atoms with Crippen LogP contribution in [0.2, 0.25) is 0 Å². The standard InChI is InChI=1S/C16H17N3O3/c1-22-14-7-4-6-12(9-14)19-16(21)10-15(20)18-11-13-5-2-3-8-17-13/h2-9H,10-11H2,1H3,(H,18,20)(H,19,21). The van der Waals surface area contributed by atoms with Crippen LogP contribution in [0, 0.1) is 0 Å². The first-order valence-corrected chi connectivity index (χ1v) is 6.78. The highest BCUT2D eigenvalue weighted by Crippen LogP contribution is 2.16. The van der Waals surface area contributed by atoms with Gasteiger partial charge in [0.25, 0.3) is 0 Å². The van der Waals surface area contributed by atoms with Gasteiger partial charge in [0.15, 0.2) is 0 Å². The van der Waals surface area contributed by atoms with Gasteiger partial charge in [0.2, 0.25) is 11.8 Å². The number of amides is 2. The summed E-state index contributed by atoms with van der Waals surface area (Å²) in [7, 11) is 1.55. The molecule has 0 aliphatic carbocycles. The van der Waals surface area contributed by atoms with Crippen molar-refractivity contribution in [2.75, 3.05) is 12.4 Å². The lowest BCUT2D eigenvalue weighted by Gasteiger charge is -2.07. The largest absolute Gasteiger partial charge is 0.497 e. The van der Waals surface area contributed by atoms with E-state index in [1.165, 1.54) is 0 Å². The number of carbonyl (C=O) groups is 2. The van der Waals surface area contributed by atoms with Crippen LogP contribution in [0.25, 0.3) is 0 Å². The molecule has 2 N–H and O–H groups in total. The number of methoxy groups -OCH3 is 1. The van der Waals surface area contributed by atoms with Crippen molar-refractivity contribution in [3.63, 3.8) is 0 Å². The number of hydrogen-bond acceptors (Lipinski definition) is 4. The van der Waals surface area contributed by atoms with E-state index in [2.05, 4.69) is 15.6 Å². The van der Waals surface area contributed by atoms with E-state index in [0.29, 0.717) is 18.0 Å². The number of nitrogens with one attached hydrogen (secondary N) is 2. The molecule has 6 heteroatoms. The van der Waals surface area contributed by atoms with Gasteiger partial charge in [0.1, 0.15) is 12.2 Å². The molecule has 0 atom stereocenters. The quantitative estimate of drug-likeness (QED) is 0.796. The summed E-state index contributed by atoms with van der Waals surface area (Å²) in [6.07, 6.45) is 1.40. The van der Waals surface area contributed by atoms with Crippen LogP contribution in [0.15, 0.2) is 48.7 Å². The number of aromatic nitrogens is 1. The number of anilines is 1. The summed E-state index contributed by atoms with van der Waals surface area (Å²) in [5.74, 6) is -0.102. The lowest BCUT2D eigenvalue weighted by atomic mass is 10.3. The van der Waals surface area contributed by atoms with E-state index < -0.39 is 0 Å². The topological polar surface area (TPSA) is 80.3 Å². The van der Waals surface area contributed by atoms with Crippen LogP contribution in [0.1, 0.15) is 12.1 Å². The lowest BCUT2D eigenvalue weighted by molar-refractivity contribution is -0.126. The Labute approximate surface area is 128 Å². The van der Waals surface area contributed by atoms with E-state index >= 15 is 0 Å². The molecule has 0 aliphatic rings. The average molecular weight is 299 g/mol. The summed E-state index contributed by atoms with van der Waals surface area (Å²) >= 11 is 0. The van der Waals surface area contributed by atoms with Gasteiger partial charge < -0.3 is 15.4 Å². The summed E-state index contributed by atoms with van der Waals surface area (Å²) < 4.78 is 5.07. The van der Waals surface area contributed by atoms with E-state index in [9.17, 15) is 9.59 Å². The fraction of sp³-hybridized carbons (Fsp3) is 0.188. The van der Waals surface area contributed by atoms with Crippen molar-refractivity contribution in [2.24, 2.45) is 0 Å². The van der Waals surface area contributed by atoms with Gasteiger partial charge in [-0.05, 0) is 24.3 Å². The lowest BCUT2D eigenvalue weighted by Crippen LogP contribution is -2.28. The smallest absolute Gasteiger partial charge is 0.233 e. The molecule has 0 radical (unpaired) electrons. The van der Waals surface area contributed by atoms with Crippen molar-refractivity contribution in [3.05, 3.63) is 54.4 Å². The minimum Gasteiger partial charge on any atom is -0.497 e. The van der Waals surface area contributed by atoms with Gasteiger partial charge in [-0.25, -0.2) is 0 Å². The second-order valence-corrected chi connectivity index (χ2v) is 4.55. The number of rotatable bonds is 6. The second-order valence-electron chi connectivity index (χ2n) is 4.55. The van der Waals surface area contributed by atoms with E-state index in [0.717, 1.165) is 5.69 Å². The Morgan fingerprint density at radius 1 is 1.14 bits per heavy atom. The molecule has 2 amide bonds. The maximum Gasteiger partial charge on any atom is 0.233 e. The number of nitrogens with zero attached hydrogens (tertiary/aromatic N) is 1. The first-order chi connectivity index (χ1) is 10.7. The highest BCUT2D eigenvalue weighted by molar-refractivity contribution is 6.03. The van der Waals surface area contributed by atoms with Crippen LogP contribution < -0.4 is 15.4 Å². The third kappa shape index (κ3) is 4.90. The first kappa shape index (κ1) is 15.5. The number of carbonyl (C=O) groups excluding carboxylic acids is 2. The van der Waals surface area contributed by atoms with E-state index in [1.54, 1.807) is 49.7 Å². The Hall–Kier alpha value is -2.89. The summed E-state index contributed by atoms with van der Waals surface area (Å²) in [5.41, 5.74) is 1.32. The molecule has 2 rings (SSSR count). The molecule has 22 heavy (non-hydrogen) atoms. The monoisotopic (exact) mass is 299 g/mol. The molecule has 2 aromatic rings. The van der Waals surface area contributed by atoms with Crippen LogP contribution in [0.5, 0.6) is 5.75 Å². The number of ether oxygens (including phenoxy) is 1. The Morgan fingerprint density at radius 3 is 2.73 bits per heavy atom. The van der Waals surface area contributed by atoms with Crippen molar-refractivity contribution in [3.8, 4) is 5.75 Å². The predicted octanol–water partition coefficient (Wildman–Crippen LogP) is 1.74. The van der Waals surface area contributed by atoms with Gasteiger partial charge in [-0.3, -0.25) is 14.6 Å². The molecule has 1 heterocycles. The molecule has 0 saturated heterocycles. The van der Waals surface area contributed by atoms with Crippen LogP contribution in [0.3, 0.4) is 0 Å². The molecular weight excluding hydrogens is 282 g/mol. The molecule has 1 aromatic heterocycles. The van der Waals surface area contributed by atoms with Crippen LogP contribution in [0.4, 0.5) is 5.69 Å². The molecule has 114 valence electrons. The van der Waals surface area contributed by atoms with Gasteiger partial charge in [0, 0.05) is 18.0 Å². The third-order valence-corrected chi connectivity index (χ3v) is 2.87. The molecule has 0 spiro atoms. The average Bonchev–Trinajstić information content (AvgIpc) is 2.54. The first-order valence-electron chi connectivity index (χ1n) is 6.78. The SMILES string of the molecule is COc1cccc(NC(=O)CC(=O)NCc2ccccn2)c1. The Balaban J connectivity index is 1.79.